The van der Waals surface area contributed by atoms with Crippen molar-refractivity contribution in [3.8, 4) is 0 Å². The Labute approximate surface area is 114 Å². The third kappa shape index (κ3) is 4.33. The standard InChI is InChI=1S/C15H22N2O2/c1-11-3-5-13(6-4-11)12(2)17-15(18)9-14-10-16-7-8-19-14/h3-6,12,14,16H,7-10H2,1-2H3,(H,17,18)/t12-,14?/m1/s1. The van der Waals surface area contributed by atoms with Gasteiger partial charge in [-0.1, -0.05) is 29.8 Å². The van der Waals surface area contributed by atoms with Gasteiger partial charge in [0.25, 0.3) is 0 Å². The number of carbonyl (C=O) groups excluding carboxylic acids is 1. The van der Waals surface area contributed by atoms with Crippen molar-refractivity contribution < 1.29 is 9.53 Å². The fourth-order valence-corrected chi connectivity index (χ4v) is 2.20. The van der Waals surface area contributed by atoms with E-state index in [2.05, 4.69) is 41.8 Å². The predicted molar refractivity (Wildman–Crippen MR) is 75.0 cm³/mol. The summed E-state index contributed by atoms with van der Waals surface area (Å²) in [6, 6.07) is 8.26. The van der Waals surface area contributed by atoms with Gasteiger partial charge >= 0.3 is 0 Å². The van der Waals surface area contributed by atoms with Crippen LogP contribution in [-0.4, -0.2) is 31.7 Å². The summed E-state index contributed by atoms with van der Waals surface area (Å²) in [5.41, 5.74) is 2.35. The normalized spacial score (nSPS) is 20.8. The maximum absolute atomic E-state index is 11.9. The summed E-state index contributed by atoms with van der Waals surface area (Å²) in [5, 5.41) is 6.24. The molecule has 1 heterocycles. The van der Waals surface area contributed by atoms with Gasteiger partial charge in [-0.3, -0.25) is 4.79 Å². The van der Waals surface area contributed by atoms with E-state index in [1.807, 2.05) is 6.92 Å². The predicted octanol–water partition coefficient (Wildman–Crippen LogP) is 1.55. The molecule has 1 aromatic rings. The van der Waals surface area contributed by atoms with Crippen molar-refractivity contribution in [2.45, 2.75) is 32.4 Å². The maximum Gasteiger partial charge on any atom is 0.223 e. The van der Waals surface area contributed by atoms with Crippen molar-refractivity contribution in [3.63, 3.8) is 0 Å². The quantitative estimate of drug-likeness (QED) is 0.865. The molecule has 1 amide bonds. The average Bonchev–Trinajstić information content (AvgIpc) is 2.40. The Morgan fingerprint density at radius 2 is 2.21 bits per heavy atom. The molecule has 104 valence electrons. The molecule has 19 heavy (non-hydrogen) atoms. The maximum atomic E-state index is 11.9. The zero-order valence-electron chi connectivity index (χ0n) is 11.6. The van der Waals surface area contributed by atoms with Gasteiger partial charge in [-0.2, -0.15) is 0 Å². The van der Waals surface area contributed by atoms with Crippen LogP contribution in [0.25, 0.3) is 0 Å². The average molecular weight is 262 g/mol. The van der Waals surface area contributed by atoms with Gasteiger partial charge in [0.05, 0.1) is 25.2 Å². The summed E-state index contributed by atoms with van der Waals surface area (Å²) in [7, 11) is 0. The van der Waals surface area contributed by atoms with Crippen LogP contribution in [0, 0.1) is 6.92 Å². The van der Waals surface area contributed by atoms with Crippen molar-refractivity contribution >= 4 is 5.91 Å². The number of carbonyl (C=O) groups is 1. The summed E-state index contributed by atoms with van der Waals surface area (Å²) >= 11 is 0. The molecule has 2 atom stereocenters. The van der Waals surface area contributed by atoms with Crippen LogP contribution < -0.4 is 10.6 Å². The first-order valence-corrected chi connectivity index (χ1v) is 6.83. The SMILES string of the molecule is Cc1ccc([C@@H](C)NC(=O)CC2CNCCO2)cc1. The van der Waals surface area contributed by atoms with E-state index < -0.39 is 0 Å². The van der Waals surface area contributed by atoms with Crippen LogP contribution in [-0.2, 0) is 9.53 Å². The Kier molecular flexibility index (Phi) is 4.93. The molecule has 2 N–H and O–H groups in total. The second-order valence-corrected chi connectivity index (χ2v) is 5.10. The van der Waals surface area contributed by atoms with Gasteiger partial charge in [-0.25, -0.2) is 0 Å². The highest BCUT2D eigenvalue weighted by molar-refractivity contribution is 5.77. The first kappa shape index (κ1) is 14.0. The molecule has 2 rings (SSSR count). The summed E-state index contributed by atoms with van der Waals surface area (Å²) in [5.74, 6) is 0.0433. The Hall–Kier alpha value is -1.39. The van der Waals surface area contributed by atoms with Crippen molar-refractivity contribution in [3.05, 3.63) is 35.4 Å². The molecule has 0 spiro atoms. The minimum Gasteiger partial charge on any atom is -0.375 e. The lowest BCUT2D eigenvalue weighted by Crippen LogP contribution is -2.41. The molecule has 1 aliphatic heterocycles. The highest BCUT2D eigenvalue weighted by atomic mass is 16.5. The van der Waals surface area contributed by atoms with E-state index in [1.54, 1.807) is 0 Å². The lowest BCUT2D eigenvalue weighted by atomic mass is 10.1. The number of ether oxygens (including phenoxy) is 1. The Morgan fingerprint density at radius 1 is 1.47 bits per heavy atom. The number of amides is 1. The van der Waals surface area contributed by atoms with Crippen LogP contribution in [0.3, 0.4) is 0 Å². The number of hydrogen-bond donors (Lipinski definition) is 2. The van der Waals surface area contributed by atoms with Gasteiger partial charge in [0, 0.05) is 13.1 Å². The molecule has 1 aliphatic rings. The minimum absolute atomic E-state index is 0.000956. The van der Waals surface area contributed by atoms with Crippen molar-refractivity contribution in [2.24, 2.45) is 0 Å². The number of nitrogens with one attached hydrogen (secondary N) is 2. The van der Waals surface area contributed by atoms with Gasteiger partial charge in [-0.15, -0.1) is 0 Å². The summed E-state index contributed by atoms with van der Waals surface area (Å²) in [6.45, 7) is 6.37. The van der Waals surface area contributed by atoms with E-state index in [0.717, 1.165) is 18.7 Å². The Bertz CT molecular complexity index is 411. The van der Waals surface area contributed by atoms with Crippen LogP contribution in [0.15, 0.2) is 24.3 Å². The molecule has 1 aromatic carbocycles. The van der Waals surface area contributed by atoms with Crippen LogP contribution in [0.5, 0.6) is 0 Å². The molecule has 4 heteroatoms. The molecule has 0 aliphatic carbocycles. The van der Waals surface area contributed by atoms with Crippen LogP contribution in [0.1, 0.15) is 30.5 Å². The molecule has 0 saturated carbocycles. The van der Waals surface area contributed by atoms with E-state index in [0.29, 0.717) is 13.0 Å². The molecule has 1 fully saturated rings. The highest BCUT2D eigenvalue weighted by Gasteiger charge is 2.18. The topological polar surface area (TPSA) is 50.4 Å². The van der Waals surface area contributed by atoms with E-state index in [-0.39, 0.29) is 18.1 Å². The smallest absolute Gasteiger partial charge is 0.223 e. The number of aryl methyl sites for hydroxylation is 1. The van der Waals surface area contributed by atoms with E-state index in [1.165, 1.54) is 5.56 Å². The number of benzene rings is 1. The van der Waals surface area contributed by atoms with E-state index in [9.17, 15) is 4.79 Å². The molecule has 0 aromatic heterocycles. The van der Waals surface area contributed by atoms with Gasteiger partial charge in [0.1, 0.15) is 0 Å². The molecule has 0 radical (unpaired) electrons. The summed E-state index contributed by atoms with van der Waals surface area (Å²) < 4.78 is 5.53. The number of hydrogen-bond acceptors (Lipinski definition) is 3. The van der Waals surface area contributed by atoms with Gasteiger partial charge < -0.3 is 15.4 Å². The van der Waals surface area contributed by atoms with Gasteiger partial charge in [0.2, 0.25) is 5.91 Å². The first-order valence-electron chi connectivity index (χ1n) is 6.83. The van der Waals surface area contributed by atoms with Gasteiger partial charge in [-0.05, 0) is 19.4 Å². The molecule has 4 nitrogen and oxygen atoms in total. The Balaban J connectivity index is 1.82. The molecule has 0 bridgehead atoms. The lowest BCUT2D eigenvalue weighted by molar-refractivity contribution is -0.125. The van der Waals surface area contributed by atoms with Crippen LogP contribution >= 0.6 is 0 Å². The summed E-state index contributed by atoms with van der Waals surface area (Å²) in [6.07, 6.45) is 0.419. The molecule has 1 saturated heterocycles. The van der Waals surface area contributed by atoms with Crippen molar-refractivity contribution in [2.75, 3.05) is 19.7 Å². The van der Waals surface area contributed by atoms with Crippen molar-refractivity contribution in [1.29, 1.82) is 0 Å². The van der Waals surface area contributed by atoms with E-state index >= 15 is 0 Å². The lowest BCUT2D eigenvalue weighted by Gasteiger charge is -2.24. The third-order valence-electron chi connectivity index (χ3n) is 3.37. The van der Waals surface area contributed by atoms with Crippen LogP contribution in [0.2, 0.25) is 0 Å². The Morgan fingerprint density at radius 3 is 2.84 bits per heavy atom. The minimum atomic E-state index is -0.000956. The number of rotatable bonds is 4. The van der Waals surface area contributed by atoms with Crippen molar-refractivity contribution in [1.82, 2.24) is 10.6 Å². The third-order valence-corrected chi connectivity index (χ3v) is 3.37. The van der Waals surface area contributed by atoms with Gasteiger partial charge in [0.15, 0.2) is 0 Å². The first-order chi connectivity index (χ1) is 9.15. The summed E-state index contributed by atoms with van der Waals surface area (Å²) in [4.78, 5) is 11.9. The highest BCUT2D eigenvalue weighted by Crippen LogP contribution is 2.13. The zero-order chi connectivity index (χ0) is 13.7. The number of morpholine rings is 1. The second-order valence-electron chi connectivity index (χ2n) is 5.10. The molecule has 1 unspecified atom stereocenters. The zero-order valence-corrected chi connectivity index (χ0v) is 11.6. The fraction of sp³-hybridized carbons (Fsp3) is 0.533. The fourth-order valence-electron chi connectivity index (χ4n) is 2.20. The molecular formula is C15H22N2O2. The largest absolute Gasteiger partial charge is 0.375 e. The molecular weight excluding hydrogens is 240 g/mol. The van der Waals surface area contributed by atoms with Crippen LogP contribution in [0.4, 0.5) is 0 Å². The monoisotopic (exact) mass is 262 g/mol. The second kappa shape index (κ2) is 6.68. The van der Waals surface area contributed by atoms with E-state index in [4.69, 9.17) is 4.74 Å².